The molecule has 0 aliphatic carbocycles. The first-order chi connectivity index (χ1) is 5.07. The zero-order chi connectivity index (χ0) is 8.85. The van der Waals surface area contributed by atoms with Crippen molar-refractivity contribution in [3.8, 4) is 0 Å². The maximum atomic E-state index is 2.47. The Morgan fingerprint density at radius 2 is 1.64 bits per heavy atom. The van der Waals surface area contributed by atoms with Crippen LogP contribution in [0.25, 0.3) is 0 Å². The molecule has 0 heterocycles. The van der Waals surface area contributed by atoms with Gasteiger partial charge >= 0.3 is 0 Å². The molecule has 0 amide bonds. The van der Waals surface area contributed by atoms with Crippen LogP contribution in [0.3, 0.4) is 0 Å². The summed E-state index contributed by atoms with van der Waals surface area (Å²) in [4.78, 5) is 4.70. The van der Waals surface area contributed by atoms with Gasteiger partial charge in [0.15, 0.2) is 0 Å². The Kier molecular flexibility index (Phi) is 5.51. The minimum absolute atomic E-state index is 0.681. The van der Waals surface area contributed by atoms with Crippen molar-refractivity contribution in [3.05, 3.63) is 0 Å². The lowest BCUT2D eigenvalue weighted by atomic mass is 10.3. The third-order valence-electron chi connectivity index (χ3n) is 1.97. The zero-order valence-electron chi connectivity index (χ0n) is 8.59. The van der Waals surface area contributed by atoms with Crippen molar-refractivity contribution in [2.24, 2.45) is 0 Å². The van der Waals surface area contributed by atoms with Gasteiger partial charge in [-0.25, -0.2) is 0 Å². The first-order valence-electron chi connectivity index (χ1n) is 4.46. The Balaban J connectivity index is 3.52. The summed E-state index contributed by atoms with van der Waals surface area (Å²) < 4.78 is 0. The average Bonchev–Trinajstić information content (AvgIpc) is 1.87. The molecule has 0 rings (SSSR count). The molecule has 0 spiro atoms. The van der Waals surface area contributed by atoms with Crippen LogP contribution >= 0.6 is 0 Å². The maximum absolute atomic E-state index is 2.47. The second-order valence-corrected chi connectivity index (χ2v) is 3.53. The Labute approximate surface area is 71.2 Å². The van der Waals surface area contributed by atoms with E-state index in [0.29, 0.717) is 6.04 Å². The molecule has 0 N–H and O–H groups in total. The molecule has 0 saturated heterocycles. The van der Waals surface area contributed by atoms with E-state index in [2.05, 4.69) is 44.7 Å². The fourth-order valence-electron chi connectivity index (χ4n) is 1.11. The Morgan fingerprint density at radius 1 is 1.09 bits per heavy atom. The number of hydrogen-bond acceptors (Lipinski definition) is 2. The van der Waals surface area contributed by atoms with E-state index >= 15 is 0 Å². The lowest BCUT2D eigenvalue weighted by Gasteiger charge is -2.26. The van der Waals surface area contributed by atoms with Gasteiger partial charge in [-0.1, -0.05) is 6.92 Å². The molecular weight excluding hydrogens is 136 g/mol. The smallest absolute Gasteiger partial charge is 0.0112 e. The highest BCUT2D eigenvalue weighted by atomic mass is 15.2. The predicted molar refractivity (Wildman–Crippen MR) is 50.9 cm³/mol. The lowest BCUT2D eigenvalue weighted by molar-refractivity contribution is 0.209. The van der Waals surface area contributed by atoms with Gasteiger partial charge in [0.2, 0.25) is 0 Å². The number of likely N-dealkylation sites (N-methyl/N-ethyl adjacent to an activating group) is 2. The summed E-state index contributed by atoms with van der Waals surface area (Å²) in [5, 5.41) is 0. The quantitative estimate of drug-likeness (QED) is 0.594. The highest BCUT2D eigenvalue weighted by Crippen LogP contribution is 1.96. The summed E-state index contributed by atoms with van der Waals surface area (Å²) in [6.07, 6.45) is 0. The highest BCUT2D eigenvalue weighted by molar-refractivity contribution is 4.61. The standard InChI is InChI=1S/C9H22N2/c1-6-11(9(2)3)8-7-10(4)5/h9H,6-8H2,1-5H3. The molecule has 0 aromatic carbocycles. The van der Waals surface area contributed by atoms with E-state index in [1.165, 1.54) is 6.54 Å². The van der Waals surface area contributed by atoms with E-state index in [-0.39, 0.29) is 0 Å². The van der Waals surface area contributed by atoms with Crippen molar-refractivity contribution < 1.29 is 0 Å². The normalized spacial score (nSPS) is 12.0. The number of nitrogens with zero attached hydrogens (tertiary/aromatic N) is 2. The molecule has 0 aliphatic heterocycles. The molecule has 0 bridgehead atoms. The van der Waals surface area contributed by atoms with Crippen LogP contribution in [0.2, 0.25) is 0 Å². The molecule has 0 saturated carbocycles. The summed E-state index contributed by atoms with van der Waals surface area (Å²) in [6, 6.07) is 0.681. The van der Waals surface area contributed by atoms with Crippen molar-refractivity contribution in [1.29, 1.82) is 0 Å². The number of rotatable bonds is 5. The molecule has 0 aromatic rings. The van der Waals surface area contributed by atoms with E-state index in [9.17, 15) is 0 Å². The van der Waals surface area contributed by atoms with Crippen LogP contribution in [0.15, 0.2) is 0 Å². The fraction of sp³-hybridized carbons (Fsp3) is 1.00. The van der Waals surface area contributed by atoms with E-state index in [1.54, 1.807) is 0 Å². The maximum Gasteiger partial charge on any atom is 0.0112 e. The van der Waals surface area contributed by atoms with Crippen LogP contribution < -0.4 is 0 Å². The van der Waals surface area contributed by atoms with E-state index < -0.39 is 0 Å². The van der Waals surface area contributed by atoms with Gasteiger partial charge in [0.1, 0.15) is 0 Å². The minimum Gasteiger partial charge on any atom is -0.308 e. The Bertz CT molecular complexity index is 89.6. The van der Waals surface area contributed by atoms with Gasteiger partial charge in [0.05, 0.1) is 0 Å². The highest BCUT2D eigenvalue weighted by Gasteiger charge is 2.05. The molecule has 0 unspecified atom stereocenters. The minimum atomic E-state index is 0.681. The average molecular weight is 158 g/mol. The second-order valence-electron chi connectivity index (χ2n) is 3.53. The molecule has 11 heavy (non-hydrogen) atoms. The van der Waals surface area contributed by atoms with Gasteiger partial charge in [-0.15, -0.1) is 0 Å². The van der Waals surface area contributed by atoms with E-state index in [4.69, 9.17) is 0 Å². The van der Waals surface area contributed by atoms with Crippen LogP contribution in [0, 0.1) is 0 Å². The van der Waals surface area contributed by atoms with Crippen LogP contribution in [0.4, 0.5) is 0 Å². The van der Waals surface area contributed by atoms with Crippen molar-refractivity contribution in [2.75, 3.05) is 33.7 Å². The summed E-state index contributed by atoms with van der Waals surface area (Å²) in [5.74, 6) is 0. The Morgan fingerprint density at radius 3 is 1.91 bits per heavy atom. The monoisotopic (exact) mass is 158 g/mol. The van der Waals surface area contributed by atoms with Gasteiger partial charge < -0.3 is 4.90 Å². The molecule has 68 valence electrons. The zero-order valence-corrected chi connectivity index (χ0v) is 8.59. The third-order valence-corrected chi connectivity index (χ3v) is 1.97. The lowest BCUT2D eigenvalue weighted by Crippen LogP contribution is -2.36. The largest absolute Gasteiger partial charge is 0.308 e. The predicted octanol–water partition coefficient (Wildman–Crippen LogP) is 1.28. The summed E-state index contributed by atoms with van der Waals surface area (Å²) in [6.45, 7) is 10.2. The molecule has 0 radical (unpaired) electrons. The SMILES string of the molecule is CCN(CCN(C)C)C(C)C. The molecule has 2 nitrogen and oxygen atoms in total. The summed E-state index contributed by atoms with van der Waals surface area (Å²) in [7, 11) is 4.24. The molecule has 0 aromatic heterocycles. The Hall–Kier alpha value is -0.0800. The van der Waals surface area contributed by atoms with Gasteiger partial charge in [-0.2, -0.15) is 0 Å². The van der Waals surface area contributed by atoms with Crippen LogP contribution in [0.1, 0.15) is 20.8 Å². The van der Waals surface area contributed by atoms with E-state index in [1.807, 2.05) is 0 Å². The summed E-state index contributed by atoms with van der Waals surface area (Å²) >= 11 is 0. The van der Waals surface area contributed by atoms with Crippen molar-refractivity contribution in [2.45, 2.75) is 26.8 Å². The van der Waals surface area contributed by atoms with Crippen LogP contribution in [0.5, 0.6) is 0 Å². The van der Waals surface area contributed by atoms with Crippen molar-refractivity contribution in [1.82, 2.24) is 9.80 Å². The third kappa shape index (κ3) is 5.22. The topological polar surface area (TPSA) is 6.48 Å². The van der Waals surface area contributed by atoms with E-state index in [0.717, 1.165) is 13.1 Å². The molecule has 0 fully saturated rings. The molecule has 2 heteroatoms. The van der Waals surface area contributed by atoms with Gasteiger partial charge in [0.25, 0.3) is 0 Å². The number of hydrogen-bond donors (Lipinski definition) is 0. The summed E-state index contributed by atoms with van der Waals surface area (Å²) in [5.41, 5.74) is 0. The molecule has 0 atom stereocenters. The van der Waals surface area contributed by atoms with Crippen molar-refractivity contribution in [3.63, 3.8) is 0 Å². The van der Waals surface area contributed by atoms with Gasteiger partial charge in [-0.05, 0) is 34.5 Å². The van der Waals surface area contributed by atoms with Crippen LogP contribution in [-0.4, -0.2) is 49.6 Å². The van der Waals surface area contributed by atoms with Crippen LogP contribution in [-0.2, 0) is 0 Å². The first kappa shape index (κ1) is 10.9. The van der Waals surface area contributed by atoms with Gasteiger partial charge in [-0.3, -0.25) is 4.90 Å². The molecular formula is C9H22N2. The first-order valence-corrected chi connectivity index (χ1v) is 4.46. The van der Waals surface area contributed by atoms with Gasteiger partial charge in [0, 0.05) is 19.1 Å². The fourth-order valence-corrected chi connectivity index (χ4v) is 1.11. The second kappa shape index (κ2) is 5.56. The molecule has 0 aliphatic rings. The van der Waals surface area contributed by atoms with Crippen molar-refractivity contribution >= 4 is 0 Å².